The predicted molar refractivity (Wildman–Crippen MR) is 109 cm³/mol. The lowest BCUT2D eigenvalue weighted by Gasteiger charge is -2.11. The van der Waals surface area contributed by atoms with Crippen molar-refractivity contribution in [1.82, 2.24) is 10.3 Å². The maximum atomic E-state index is 12.1. The first-order valence-corrected chi connectivity index (χ1v) is 9.02. The molecular weight excluding hydrogens is 378 g/mol. The molecule has 0 aliphatic carbocycles. The van der Waals surface area contributed by atoms with Crippen LogP contribution in [0.5, 0.6) is 11.5 Å². The van der Waals surface area contributed by atoms with Gasteiger partial charge in [-0.3, -0.25) is 4.98 Å². The summed E-state index contributed by atoms with van der Waals surface area (Å²) in [4.78, 5) is 16.3. The molecule has 0 aliphatic rings. The fraction of sp³-hybridized carbons (Fsp3) is 0.143. The van der Waals surface area contributed by atoms with E-state index in [9.17, 15) is 4.79 Å². The molecule has 0 spiro atoms. The van der Waals surface area contributed by atoms with Gasteiger partial charge in [-0.1, -0.05) is 29.8 Å². The molecule has 0 bridgehead atoms. The van der Waals surface area contributed by atoms with Crippen LogP contribution < -0.4 is 20.1 Å². The van der Waals surface area contributed by atoms with E-state index in [-0.39, 0.29) is 6.03 Å². The van der Waals surface area contributed by atoms with Crippen LogP contribution in [-0.2, 0) is 13.2 Å². The third-order valence-corrected chi connectivity index (χ3v) is 4.20. The smallest absolute Gasteiger partial charge is 0.319 e. The average molecular weight is 398 g/mol. The third kappa shape index (κ3) is 5.62. The normalized spacial score (nSPS) is 10.2. The molecule has 28 heavy (non-hydrogen) atoms. The summed E-state index contributed by atoms with van der Waals surface area (Å²) in [6, 6.07) is 17.8. The topological polar surface area (TPSA) is 72.5 Å². The minimum Gasteiger partial charge on any atom is -0.497 e. The number of pyridine rings is 1. The van der Waals surface area contributed by atoms with Gasteiger partial charge in [0, 0.05) is 18.4 Å². The largest absolute Gasteiger partial charge is 0.497 e. The molecule has 2 amide bonds. The van der Waals surface area contributed by atoms with Crippen LogP contribution in [0.15, 0.2) is 66.9 Å². The molecule has 2 N–H and O–H groups in total. The number of anilines is 1. The van der Waals surface area contributed by atoms with E-state index in [1.54, 1.807) is 31.5 Å². The van der Waals surface area contributed by atoms with Gasteiger partial charge < -0.3 is 20.1 Å². The Labute approximate surface area is 168 Å². The number of aromatic nitrogens is 1. The van der Waals surface area contributed by atoms with Crippen LogP contribution in [0.25, 0.3) is 0 Å². The number of ether oxygens (including phenoxy) is 2. The van der Waals surface area contributed by atoms with Gasteiger partial charge in [-0.05, 0) is 48.0 Å². The standard InChI is InChI=1S/C21H20ClN3O3/c1-27-18-8-5-15(6-9-18)13-24-21(26)25-16-7-10-20(19(22)12-16)28-14-17-4-2-3-11-23-17/h2-12H,13-14H2,1H3,(H2,24,25,26). The van der Waals surface area contributed by atoms with Gasteiger partial charge in [-0.25, -0.2) is 4.79 Å². The lowest BCUT2D eigenvalue weighted by Crippen LogP contribution is -2.28. The molecule has 6 nitrogen and oxygen atoms in total. The summed E-state index contributed by atoms with van der Waals surface area (Å²) in [5.74, 6) is 1.30. The lowest BCUT2D eigenvalue weighted by atomic mass is 10.2. The number of halogens is 1. The van der Waals surface area contributed by atoms with Crippen LogP contribution in [0.4, 0.5) is 10.5 Å². The molecule has 0 unspecified atom stereocenters. The molecule has 3 aromatic rings. The molecule has 2 aromatic carbocycles. The first-order valence-electron chi connectivity index (χ1n) is 8.64. The summed E-state index contributed by atoms with van der Waals surface area (Å²) >= 11 is 6.25. The zero-order chi connectivity index (χ0) is 19.8. The van der Waals surface area contributed by atoms with Crippen LogP contribution in [0.3, 0.4) is 0 Å². The van der Waals surface area contributed by atoms with Crippen molar-refractivity contribution >= 4 is 23.3 Å². The third-order valence-electron chi connectivity index (χ3n) is 3.90. The van der Waals surface area contributed by atoms with E-state index < -0.39 is 0 Å². The molecular formula is C21H20ClN3O3. The number of urea groups is 1. The van der Waals surface area contributed by atoms with Crippen LogP contribution in [0, 0.1) is 0 Å². The Hall–Kier alpha value is -3.25. The molecule has 0 aliphatic heterocycles. The van der Waals surface area contributed by atoms with Crippen molar-refractivity contribution in [2.45, 2.75) is 13.2 Å². The number of methoxy groups -OCH3 is 1. The Kier molecular flexibility index (Phi) is 6.70. The highest BCUT2D eigenvalue weighted by atomic mass is 35.5. The maximum Gasteiger partial charge on any atom is 0.319 e. The van der Waals surface area contributed by atoms with Crippen molar-refractivity contribution in [2.75, 3.05) is 12.4 Å². The quantitative estimate of drug-likeness (QED) is 0.609. The Morgan fingerprint density at radius 2 is 1.93 bits per heavy atom. The molecule has 0 radical (unpaired) electrons. The van der Waals surface area contributed by atoms with Crippen LogP contribution in [0.2, 0.25) is 5.02 Å². The second kappa shape index (κ2) is 9.62. The van der Waals surface area contributed by atoms with Gasteiger partial charge in [0.05, 0.1) is 17.8 Å². The van der Waals surface area contributed by atoms with Crippen molar-refractivity contribution in [3.8, 4) is 11.5 Å². The summed E-state index contributed by atoms with van der Waals surface area (Å²) in [7, 11) is 1.61. The summed E-state index contributed by atoms with van der Waals surface area (Å²) in [5, 5.41) is 5.95. The molecule has 0 atom stereocenters. The molecule has 1 heterocycles. The zero-order valence-electron chi connectivity index (χ0n) is 15.3. The van der Waals surface area contributed by atoms with Gasteiger partial charge in [0.15, 0.2) is 0 Å². The Balaban J connectivity index is 1.50. The molecule has 3 rings (SSSR count). The Morgan fingerprint density at radius 3 is 2.61 bits per heavy atom. The van der Waals surface area contributed by atoms with E-state index in [1.165, 1.54) is 0 Å². The highest BCUT2D eigenvalue weighted by Gasteiger charge is 2.07. The van der Waals surface area contributed by atoms with E-state index in [1.807, 2.05) is 42.5 Å². The van der Waals surface area contributed by atoms with Crippen LogP contribution in [-0.4, -0.2) is 18.1 Å². The number of amides is 2. The number of nitrogens with zero attached hydrogens (tertiary/aromatic N) is 1. The molecule has 0 saturated carbocycles. The fourth-order valence-electron chi connectivity index (χ4n) is 2.43. The van der Waals surface area contributed by atoms with Gasteiger partial charge in [0.1, 0.15) is 18.1 Å². The number of benzene rings is 2. The minimum atomic E-state index is -0.325. The summed E-state index contributed by atoms with van der Waals surface area (Å²) in [6.07, 6.45) is 1.71. The average Bonchev–Trinajstić information content (AvgIpc) is 2.73. The second-order valence-electron chi connectivity index (χ2n) is 5.91. The first kappa shape index (κ1) is 19.5. The van der Waals surface area contributed by atoms with E-state index in [2.05, 4.69) is 15.6 Å². The van der Waals surface area contributed by atoms with Gasteiger partial charge in [-0.2, -0.15) is 0 Å². The Bertz CT molecular complexity index is 918. The SMILES string of the molecule is COc1ccc(CNC(=O)Nc2ccc(OCc3ccccn3)c(Cl)c2)cc1. The number of rotatable bonds is 7. The van der Waals surface area contributed by atoms with Gasteiger partial charge in [0.25, 0.3) is 0 Å². The van der Waals surface area contributed by atoms with Crippen molar-refractivity contribution in [2.24, 2.45) is 0 Å². The predicted octanol–water partition coefficient (Wildman–Crippen LogP) is 4.64. The second-order valence-corrected chi connectivity index (χ2v) is 6.32. The summed E-state index contributed by atoms with van der Waals surface area (Å²) in [6.45, 7) is 0.713. The van der Waals surface area contributed by atoms with Crippen LogP contribution >= 0.6 is 11.6 Å². The van der Waals surface area contributed by atoms with Crippen molar-refractivity contribution < 1.29 is 14.3 Å². The van der Waals surface area contributed by atoms with Crippen molar-refractivity contribution in [1.29, 1.82) is 0 Å². The Morgan fingerprint density at radius 1 is 1.11 bits per heavy atom. The molecule has 0 saturated heterocycles. The molecule has 7 heteroatoms. The highest BCUT2D eigenvalue weighted by Crippen LogP contribution is 2.28. The molecule has 1 aromatic heterocycles. The monoisotopic (exact) mass is 397 g/mol. The highest BCUT2D eigenvalue weighted by molar-refractivity contribution is 6.32. The minimum absolute atomic E-state index is 0.315. The van der Waals surface area contributed by atoms with Crippen molar-refractivity contribution in [3.05, 3.63) is 83.1 Å². The lowest BCUT2D eigenvalue weighted by molar-refractivity contribution is 0.251. The number of nitrogens with one attached hydrogen (secondary N) is 2. The summed E-state index contributed by atoms with van der Waals surface area (Å²) < 4.78 is 10.8. The van der Waals surface area contributed by atoms with Crippen LogP contribution in [0.1, 0.15) is 11.3 Å². The number of carbonyl (C=O) groups is 1. The van der Waals surface area contributed by atoms with Crippen molar-refractivity contribution in [3.63, 3.8) is 0 Å². The summed E-state index contributed by atoms with van der Waals surface area (Å²) in [5.41, 5.74) is 2.34. The van der Waals surface area contributed by atoms with Gasteiger partial charge in [0.2, 0.25) is 0 Å². The van der Waals surface area contributed by atoms with E-state index in [4.69, 9.17) is 21.1 Å². The van der Waals surface area contributed by atoms with E-state index >= 15 is 0 Å². The zero-order valence-corrected chi connectivity index (χ0v) is 16.1. The van der Waals surface area contributed by atoms with Gasteiger partial charge in [-0.15, -0.1) is 0 Å². The number of hydrogen-bond acceptors (Lipinski definition) is 4. The van der Waals surface area contributed by atoms with E-state index in [0.29, 0.717) is 29.6 Å². The van der Waals surface area contributed by atoms with Gasteiger partial charge >= 0.3 is 6.03 Å². The first-order chi connectivity index (χ1) is 13.6. The molecule has 144 valence electrons. The van der Waals surface area contributed by atoms with E-state index in [0.717, 1.165) is 17.0 Å². The fourth-order valence-corrected chi connectivity index (χ4v) is 2.67. The maximum absolute atomic E-state index is 12.1. The number of hydrogen-bond donors (Lipinski definition) is 2. The number of carbonyl (C=O) groups excluding carboxylic acids is 1. The molecule has 0 fully saturated rings.